The van der Waals surface area contributed by atoms with E-state index in [9.17, 15) is 14.4 Å². The Balaban J connectivity index is 1.39. The second-order valence-electron chi connectivity index (χ2n) is 9.66. The van der Waals surface area contributed by atoms with Crippen molar-refractivity contribution in [3.8, 4) is 5.69 Å². The Morgan fingerprint density at radius 2 is 2.00 bits per heavy atom. The van der Waals surface area contributed by atoms with Crippen molar-refractivity contribution in [3.05, 3.63) is 53.3 Å². The van der Waals surface area contributed by atoms with Crippen molar-refractivity contribution in [2.24, 2.45) is 10.9 Å². The highest BCUT2D eigenvalue weighted by Gasteiger charge is 2.40. The Morgan fingerprint density at radius 1 is 1.18 bits per heavy atom. The number of nitrogen functional groups attached to an aromatic ring is 1. The second kappa shape index (κ2) is 11.2. The minimum Gasteiger partial charge on any atom is -0.398 e. The summed E-state index contributed by atoms with van der Waals surface area (Å²) in [5, 5.41) is 14.5. The lowest BCUT2D eigenvalue weighted by Gasteiger charge is -2.40. The quantitative estimate of drug-likeness (QED) is 0.323. The molecular formula is C26H28ClN9O3. The van der Waals surface area contributed by atoms with Gasteiger partial charge in [-0.25, -0.2) is 0 Å². The molecule has 1 aliphatic carbocycles. The topological polar surface area (TPSA) is 152 Å². The third-order valence-electron chi connectivity index (χ3n) is 7.13. The van der Waals surface area contributed by atoms with Crippen LogP contribution in [-0.4, -0.2) is 75.2 Å². The summed E-state index contributed by atoms with van der Waals surface area (Å²) in [6.07, 6.45) is 6.55. The van der Waals surface area contributed by atoms with Crippen LogP contribution in [0.5, 0.6) is 0 Å². The van der Waals surface area contributed by atoms with Crippen LogP contribution in [0, 0.1) is 5.92 Å². The van der Waals surface area contributed by atoms with Gasteiger partial charge in [-0.1, -0.05) is 30.9 Å². The fraction of sp³-hybridized carbons (Fsp3) is 0.346. The van der Waals surface area contributed by atoms with Gasteiger partial charge in [0.05, 0.1) is 11.4 Å². The SMILES string of the molecule is CN=Cc1cc(NC(=O)C(CC2CCC2)N2CC(=O)N(c3cc(Cl)ccc3-n3cnnn3)CC2=O)ccc1N. The molecule has 1 saturated carbocycles. The lowest BCUT2D eigenvalue weighted by molar-refractivity contribution is -0.144. The van der Waals surface area contributed by atoms with Gasteiger partial charge in [-0.2, -0.15) is 4.68 Å². The number of amides is 3. The molecule has 5 rings (SSSR count). The van der Waals surface area contributed by atoms with Crippen molar-refractivity contribution in [2.75, 3.05) is 36.1 Å². The molecule has 1 aliphatic heterocycles. The first-order chi connectivity index (χ1) is 18.8. The van der Waals surface area contributed by atoms with Gasteiger partial charge in [-0.05, 0) is 59.2 Å². The van der Waals surface area contributed by atoms with Gasteiger partial charge >= 0.3 is 0 Å². The normalized spacial score (nSPS) is 17.0. The fourth-order valence-electron chi connectivity index (χ4n) is 4.86. The molecule has 1 aromatic heterocycles. The number of hydrogen-bond acceptors (Lipinski definition) is 8. The Morgan fingerprint density at radius 3 is 2.69 bits per heavy atom. The van der Waals surface area contributed by atoms with E-state index in [0.29, 0.717) is 45.7 Å². The Bertz CT molecular complexity index is 1420. The Hall–Kier alpha value is -4.32. The number of aliphatic imine (C=N–C) groups is 1. The average Bonchev–Trinajstić information content (AvgIpc) is 3.42. The van der Waals surface area contributed by atoms with E-state index < -0.39 is 6.04 Å². The van der Waals surface area contributed by atoms with Crippen LogP contribution in [0.25, 0.3) is 5.69 Å². The van der Waals surface area contributed by atoms with Crippen LogP contribution in [0.3, 0.4) is 0 Å². The Labute approximate surface area is 229 Å². The van der Waals surface area contributed by atoms with Gasteiger partial charge in [0, 0.05) is 35.2 Å². The standard InChI is InChI=1S/C26H28ClN9O3/c1-29-12-17-10-19(6-7-20(17)28)31-26(39)23(9-16-3-2-4-16)35-14-24(37)34(13-25(35)38)22-11-18(27)5-8-21(22)36-15-30-32-33-36/h5-8,10-12,15-16,23H,2-4,9,13-14,28H2,1H3,(H,31,39). The number of benzene rings is 2. The first-order valence-corrected chi connectivity index (χ1v) is 13.0. The van der Waals surface area contributed by atoms with Crippen LogP contribution in [0.4, 0.5) is 17.1 Å². The highest BCUT2D eigenvalue weighted by atomic mass is 35.5. The smallest absolute Gasteiger partial charge is 0.247 e. The third-order valence-corrected chi connectivity index (χ3v) is 7.36. The number of aromatic nitrogens is 4. The van der Waals surface area contributed by atoms with Gasteiger partial charge in [0.1, 0.15) is 25.5 Å². The van der Waals surface area contributed by atoms with Gasteiger partial charge < -0.3 is 16.0 Å². The molecule has 12 nitrogen and oxygen atoms in total. The molecule has 202 valence electrons. The van der Waals surface area contributed by atoms with Crippen LogP contribution < -0.4 is 16.0 Å². The first kappa shape index (κ1) is 26.3. The van der Waals surface area contributed by atoms with Crippen LogP contribution in [0.15, 0.2) is 47.7 Å². The summed E-state index contributed by atoms with van der Waals surface area (Å²) in [4.78, 5) is 47.3. The summed E-state index contributed by atoms with van der Waals surface area (Å²) < 4.78 is 1.40. The van der Waals surface area contributed by atoms with Crippen LogP contribution in [-0.2, 0) is 14.4 Å². The monoisotopic (exact) mass is 549 g/mol. The highest BCUT2D eigenvalue weighted by molar-refractivity contribution is 6.31. The number of nitrogens with two attached hydrogens (primary N) is 1. The van der Waals surface area contributed by atoms with Crippen molar-refractivity contribution in [3.63, 3.8) is 0 Å². The van der Waals surface area contributed by atoms with Gasteiger partial charge in [0.2, 0.25) is 17.7 Å². The van der Waals surface area contributed by atoms with Gasteiger partial charge in [0.15, 0.2) is 0 Å². The van der Waals surface area contributed by atoms with E-state index in [1.807, 2.05) is 0 Å². The highest BCUT2D eigenvalue weighted by Crippen LogP contribution is 2.34. The maximum Gasteiger partial charge on any atom is 0.247 e. The molecule has 39 heavy (non-hydrogen) atoms. The molecule has 13 heteroatoms. The summed E-state index contributed by atoms with van der Waals surface area (Å²) >= 11 is 6.24. The van der Waals surface area contributed by atoms with Crippen molar-refractivity contribution >= 4 is 52.6 Å². The third kappa shape index (κ3) is 5.60. The summed E-state index contributed by atoms with van der Waals surface area (Å²) in [7, 11) is 1.64. The minimum absolute atomic E-state index is 0.248. The summed E-state index contributed by atoms with van der Waals surface area (Å²) in [5.41, 5.74) is 8.64. The van der Waals surface area contributed by atoms with E-state index in [4.69, 9.17) is 17.3 Å². The van der Waals surface area contributed by atoms with E-state index in [1.165, 1.54) is 20.8 Å². The zero-order valence-electron chi connectivity index (χ0n) is 21.3. The zero-order chi connectivity index (χ0) is 27.5. The number of nitrogens with one attached hydrogen (secondary N) is 1. The molecule has 1 atom stereocenters. The van der Waals surface area contributed by atoms with Crippen LogP contribution in [0.2, 0.25) is 5.02 Å². The number of halogens is 1. The number of nitrogens with zero attached hydrogens (tertiary/aromatic N) is 7. The number of carbonyl (C=O) groups is 3. The average molecular weight is 550 g/mol. The number of hydrogen-bond donors (Lipinski definition) is 2. The predicted octanol–water partition coefficient (Wildman–Crippen LogP) is 2.32. The molecular weight excluding hydrogens is 522 g/mol. The van der Waals surface area contributed by atoms with Gasteiger partial charge in [-0.15, -0.1) is 5.10 Å². The summed E-state index contributed by atoms with van der Waals surface area (Å²) in [5.74, 6) is -0.715. The van der Waals surface area contributed by atoms with E-state index in [-0.39, 0.29) is 30.8 Å². The van der Waals surface area contributed by atoms with E-state index in [2.05, 4.69) is 25.8 Å². The molecule has 3 amide bonds. The fourth-order valence-corrected chi connectivity index (χ4v) is 5.03. The maximum atomic E-state index is 13.6. The lowest BCUT2D eigenvalue weighted by atomic mass is 9.80. The van der Waals surface area contributed by atoms with E-state index >= 15 is 0 Å². The predicted molar refractivity (Wildman–Crippen MR) is 147 cm³/mol. The molecule has 1 saturated heterocycles. The Kier molecular flexibility index (Phi) is 7.55. The molecule has 0 bridgehead atoms. The number of anilines is 3. The second-order valence-corrected chi connectivity index (χ2v) is 10.1. The van der Waals surface area contributed by atoms with Gasteiger partial charge in [-0.3, -0.25) is 24.3 Å². The van der Waals surface area contributed by atoms with Gasteiger partial charge in [0.25, 0.3) is 0 Å². The lowest BCUT2D eigenvalue weighted by Crippen LogP contribution is -2.60. The molecule has 3 N–H and O–H groups in total. The van der Waals surface area contributed by atoms with Crippen molar-refractivity contribution in [1.82, 2.24) is 25.1 Å². The van der Waals surface area contributed by atoms with Crippen molar-refractivity contribution < 1.29 is 14.4 Å². The van der Waals surface area contributed by atoms with Crippen LogP contribution >= 0.6 is 11.6 Å². The minimum atomic E-state index is -0.798. The molecule has 2 heterocycles. The van der Waals surface area contributed by atoms with E-state index in [1.54, 1.807) is 49.7 Å². The molecule has 0 radical (unpaired) electrons. The van der Waals surface area contributed by atoms with Crippen LogP contribution in [0.1, 0.15) is 31.2 Å². The van der Waals surface area contributed by atoms with E-state index in [0.717, 1.165) is 19.3 Å². The number of tetrazole rings is 1. The molecule has 2 fully saturated rings. The summed E-state index contributed by atoms with van der Waals surface area (Å²) in [6.45, 7) is -0.498. The first-order valence-electron chi connectivity index (χ1n) is 12.6. The molecule has 0 spiro atoms. The summed E-state index contributed by atoms with van der Waals surface area (Å²) in [6, 6.07) is 9.24. The molecule has 2 aromatic carbocycles. The van der Waals surface area contributed by atoms with Crippen molar-refractivity contribution in [1.29, 1.82) is 0 Å². The zero-order valence-corrected chi connectivity index (χ0v) is 22.1. The number of carbonyl (C=O) groups excluding carboxylic acids is 3. The number of rotatable bonds is 8. The maximum absolute atomic E-state index is 13.6. The largest absolute Gasteiger partial charge is 0.398 e. The number of piperazine rings is 1. The van der Waals surface area contributed by atoms with Crippen molar-refractivity contribution in [2.45, 2.75) is 31.7 Å². The molecule has 2 aliphatic rings. The molecule has 1 unspecified atom stereocenters. The molecule has 3 aromatic rings.